The first-order valence-corrected chi connectivity index (χ1v) is 6.92. The summed E-state index contributed by atoms with van der Waals surface area (Å²) in [6, 6.07) is -0.0535. The molecule has 3 atom stereocenters. The molecule has 18 heavy (non-hydrogen) atoms. The van der Waals surface area contributed by atoms with E-state index in [1.165, 1.54) is 0 Å². The van der Waals surface area contributed by atoms with Crippen LogP contribution in [0.3, 0.4) is 0 Å². The molecule has 1 heterocycles. The fourth-order valence-corrected chi connectivity index (χ4v) is 2.46. The van der Waals surface area contributed by atoms with E-state index >= 15 is 0 Å². The van der Waals surface area contributed by atoms with Crippen molar-refractivity contribution in [2.24, 2.45) is 17.1 Å². The van der Waals surface area contributed by atoms with Crippen LogP contribution in [0.1, 0.15) is 47.0 Å². The van der Waals surface area contributed by atoms with Crippen molar-refractivity contribution in [1.29, 1.82) is 0 Å². The van der Waals surface area contributed by atoms with Crippen LogP contribution in [-0.2, 0) is 9.53 Å². The summed E-state index contributed by atoms with van der Waals surface area (Å²) in [6.07, 6.45) is 2.58. The summed E-state index contributed by atoms with van der Waals surface area (Å²) in [6.45, 7) is 10.0. The van der Waals surface area contributed by atoms with Crippen LogP contribution in [0.15, 0.2) is 0 Å². The molecular weight excluding hydrogens is 228 g/mol. The predicted molar refractivity (Wildman–Crippen MR) is 73.2 cm³/mol. The second kappa shape index (κ2) is 6.53. The molecule has 1 aliphatic heterocycles. The Labute approximate surface area is 111 Å². The van der Waals surface area contributed by atoms with E-state index in [1.807, 2.05) is 0 Å². The van der Waals surface area contributed by atoms with Gasteiger partial charge in [0.25, 0.3) is 0 Å². The molecule has 0 aromatic carbocycles. The van der Waals surface area contributed by atoms with Gasteiger partial charge in [-0.05, 0) is 25.2 Å². The molecule has 1 aliphatic rings. The molecule has 0 aliphatic carbocycles. The Morgan fingerprint density at radius 1 is 1.50 bits per heavy atom. The van der Waals surface area contributed by atoms with E-state index in [1.54, 1.807) is 0 Å². The molecule has 1 amide bonds. The van der Waals surface area contributed by atoms with Gasteiger partial charge in [0, 0.05) is 31.5 Å². The van der Waals surface area contributed by atoms with Crippen LogP contribution >= 0.6 is 0 Å². The van der Waals surface area contributed by atoms with Gasteiger partial charge in [-0.15, -0.1) is 0 Å². The molecule has 0 aromatic rings. The van der Waals surface area contributed by atoms with E-state index in [-0.39, 0.29) is 23.5 Å². The fourth-order valence-electron chi connectivity index (χ4n) is 2.46. The Morgan fingerprint density at radius 3 is 2.67 bits per heavy atom. The molecule has 3 unspecified atom stereocenters. The zero-order valence-corrected chi connectivity index (χ0v) is 12.2. The van der Waals surface area contributed by atoms with Crippen LogP contribution in [0.2, 0.25) is 0 Å². The molecule has 0 saturated carbocycles. The maximum Gasteiger partial charge on any atom is 0.221 e. The summed E-state index contributed by atoms with van der Waals surface area (Å²) < 4.78 is 5.47. The first kappa shape index (κ1) is 15.4. The molecule has 0 radical (unpaired) electrons. The van der Waals surface area contributed by atoms with Gasteiger partial charge in [-0.1, -0.05) is 20.8 Å². The van der Waals surface area contributed by atoms with Gasteiger partial charge in [0.1, 0.15) is 0 Å². The zero-order valence-electron chi connectivity index (χ0n) is 12.2. The van der Waals surface area contributed by atoms with Gasteiger partial charge >= 0.3 is 0 Å². The molecule has 4 heteroatoms. The highest BCUT2D eigenvalue weighted by Crippen LogP contribution is 2.21. The first-order valence-electron chi connectivity index (χ1n) is 6.92. The number of nitrogens with one attached hydrogen (secondary N) is 1. The van der Waals surface area contributed by atoms with Gasteiger partial charge in [0.2, 0.25) is 5.91 Å². The van der Waals surface area contributed by atoms with E-state index in [4.69, 9.17) is 10.5 Å². The van der Waals surface area contributed by atoms with E-state index < -0.39 is 0 Å². The highest BCUT2D eigenvalue weighted by atomic mass is 16.5. The van der Waals surface area contributed by atoms with Crippen molar-refractivity contribution in [1.82, 2.24) is 5.32 Å². The minimum Gasteiger partial charge on any atom is -0.378 e. The third kappa shape index (κ3) is 5.83. The molecule has 4 nitrogen and oxygen atoms in total. The number of carbonyl (C=O) groups excluding carboxylic acids is 1. The van der Waals surface area contributed by atoms with Gasteiger partial charge in [-0.2, -0.15) is 0 Å². The van der Waals surface area contributed by atoms with Crippen LogP contribution in [0, 0.1) is 11.3 Å². The standard InChI is InChI=1S/C14H28N2O2/c1-10-11(5-6-18-10)9-16-13(17)7-12(15)8-14(2,3)4/h10-12H,5-9,15H2,1-4H3,(H,16,17). The summed E-state index contributed by atoms with van der Waals surface area (Å²) in [7, 11) is 0. The summed E-state index contributed by atoms with van der Waals surface area (Å²) in [5.41, 5.74) is 6.16. The van der Waals surface area contributed by atoms with Crippen LogP contribution < -0.4 is 11.1 Å². The second-order valence-corrected chi connectivity index (χ2v) is 6.66. The van der Waals surface area contributed by atoms with Crippen molar-refractivity contribution in [2.75, 3.05) is 13.2 Å². The monoisotopic (exact) mass is 256 g/mol. The van der Waals surface area contributed by atoms with Crippen molar-refractivity contribution >= 4 is 5.91 Å². The topological polar surface area (TPSA) is 64.3 Å². The fraction of sp³-hybridized carbons (Fsp3) is 0.929. The minimum absolute atomic E-state index is 0.0535. The third-order valence-electron chi connectivity index (χ3n) is 3.42. The number of nitrogens with two attached hydrogens (primary N) is 1. The van der Waals surface area contributed by atoms with Crippen molar-refractivity contribution in [3.63, 3.8) is 0 Å². The normalized spacial score (nSPS) is 26.1. The third-order valence-corrected chi connectivity index (χ3v) is 3.42. The lowest BCUT2D eigenvalue weighted by molar-refractivity contribution is -0.121. The van der Waals surface area contributed by atoms with Crippen molar-refractivity contribution in [2.45, 2.75) is 59.1 Å². The largest absolute Gasteiger partial charge is 0.378 e. The summed E-state index contributed by atoms with van der Waals surface area (Å²) in [5, 5.41) is 2.97. The highest BCUT2D eigenvalue weighted by molar-refractivity contribution is 5.76. The Balaban J connectivity index is 2.21. The maximum absolute atomic E-state index is 11.8. The van der Waals surface area contributed by atoms with Gasteiger partial charge in [0.15, 0.2) is 0 Å². The quantitative estimate of drug-likeness (QED) is 0.786. The minimum atomic E-state index is -0.0535. The molecule has 1 fully saturated rings. The van der Waals surface area contributed by atoms with Gasteiger partial charge in [-0.3, -0.25) is 4.79 Å². The maximum atomic E-state index is 11.8. The molecule has 1 saturated heterocycles. The van der Waals surface area contributed by atoms with Crippen LogP contribution in [0.25, 0.3) is 0 Å². The van der Waals surface area contributed by atoms with E-state index in [0.717, 1.165) is 19.4 Å². The van der Waals surface area contributed by atoms with Crippen LogP contribution in [0.5, 0.6) is 0 Å². The highest BCUT2D eigenvalue weighted by Gasteiger charge is 2.25. The zero-order chi connectivity index (χ0) is 13.8. The summed E-state index contributed by atoms with van der Waals surface area (Å²) >= 11 is 0. The Hall–Kier alpha value is -0.610. The lowest BCUT2D eigenvalue weighted by Crippen LogP contribution is -2.37. The molecule has 0 bridgehead atoms. The van der Waals surface area contributed by atoms with E-state index in [9.17, 15) is 4.79 Å². The number of amides is 1. The Bertz CT molecular complexity index is 273. The summed E-state index contributed by atoms with van der Waals surface area (Å²) in [5.74, 6) is 0.513. The van der Waals surface area contributed by atoms with Gasteiger partial charge in [0.05, 0.1) is 6.10 Å². The van der Waals surface area contributed by atoms with Gasteiger partial charge < -0.3 is 15.8 Å². The number of carbonyl (C=O) groups is 1. The van der Waals surface area contributed by atoms with Gasteiger partial charge in [-0.25, -0.2) is 0 Å². The number of hydrogen-bond acceptors (Lipinski definition) is 3. The number of hydrogen-bond donors (Lipinski definition) is 2. The van der Waals surface area contributed by atoms with E-state index in [0.29, 0.717) is 18.9 Å². The van der Waals surface area contributed by atoms with E-state index in [2.05, 4.69) is 33.0 Å². The Morgan fingerprint density at radius 2 is 2.17 bits per heavy atom. The average Bonchev–Trinajstić information content (AvgIpc) is 2.57. The molecule has 0 spiro atoms. The second-order valence-electron chi connectivity index (χ2n) is 6.66. The average molecular weight is 256 g/mol. The SMILES string of the molecule is CC1OCCC1CNC(=O)CC(N)CC(C)(C)C. The molecule has 0 aromatic heterocycles. The summed E-state index contributed by atoms with van der Waals surface area (Å²) in [4.78, 5) is 11.8. The molecule has 1 rings (SSSR count). The number of rotatable bonds is 5. The first-order chi connectivity index (χ1) is 8.28. The molecular formula is C14H28N2O2. The van der Waals surface area contributed by atoms with Crippen LogP contribution in [-0.4, -0.2) is 31.2 Å². The van der Waals surface area contributed by atoms with Crippen LogP contribution in [0.4, 0.5) is 0 Å². The predicted octanol–water partition coefficient (Wildman–Crippen LogP) is 1.68. The lowest BCUT2D eigenvalue weighted by atomic mass is 9.87. The van der Waals surface area contributed by atoms with Crippen molar-refractivity contribution < 1.29 is 9.53 Å². The molecule has 3 N–H and O–H groups in total. The number of ether oxygens (including phenoxy) is 1. The van der Waals surface area contributed by atoms with Crippen molar-refractivity contribution in [3.8, 4) is 0 Å². The van der Waals surface area contributed by atoms with Crippen molar-refractivity contribution in [3.05, 3.63) is 0 Å². The lowest BCUT2D eigenvalue weighted by Gasteiger charge is -2.23. The molecule has 106 valence electrons. The Kier molecular flexibility index (Phi) is 5.60. The smallest absolute Gasteiger partial charge is 0.221 e.